The van der Waals surface area contributed by atoms with Crippen LogP contribution >= 0.6 is 0 Å². The van der Waals surface area contributed by atoms with Crippen molar-refractivity contribution in [2.24, 2.45) is 0 Å². The van der Waals surface area contributed by atoms with Crippen molar-refractivity contribution >= 4 is 17.6 Å². The Hall–Kier alpha value is -2.80. The molecule has 136 valence electrons. The van der Waals surface area contributed by atoms with Crippen LogP contribution in [0.15, 0.2) is 36.5 Å². The third-order valence-corrected chi connectivity index (χ3v) is 4.56. The number of aromatic carboxylic acids is 1. The molecule has 0 saturated carbocycles. The summed E-state index contributed by atoms with van der Waals surface area (Å²) in [5.74, 6) is 0.0446. The van der Waals surface area contributed by atoms with Gasteiger partial charge in [0.05, 0.1) is 12.1 Å². The van der Waals surface area contributed by atoms with Crippen LogP contribution in [-0.2, 0) is 4.79 Å². The molecular weight excluding hydrogens is 332 g/mol. The second kappa shape index (κ2) is 8.05. The second-order valence-corrected chi connectivity index (χ2v) is 6.51. The van der Waals surface area contributed by atoms with Crippen molar-refractivity contribution in [1.82, 2.24) is 14.9 Å². The molecule has 7 nitrogen and oxygen atoms in total. The van der Waals surface area contributed by atoms with Gasteiger partial charge in [-0.25, -0.2) is 14.8 Å². The van der Waals surface area contributed by atoms with E-state index in [2.05, 4.69) is 20.2 Å². The number of carbonyl (C=O) groups is 2. The van der Waals surface area contributed by atoms with Crippen molar-refractivity contribution in [2.45, 2.75) is 25.7 Å². The molecule has 0 bridgehead atoms. The van der Waals surface area contributed by atoms with E-state index in [-0.39, 0.29) is 11.5 Å². The Morgan fingerprint density at radius 2 is 2.04 bits per heavy atom. The average molecular weight is 354 g/mol. The molecule has 1 aliphatic rings. The van der Waals surface area contributed by atoms with Crippen molar-refractivity contribution in [3.05, 3.63) is 53.6 Å². The monoisotopic (exact) mass is 354 g/mol. The highest BCUT2D eigenvalue weighted by Crippen LogP contribution is 2.26. The number of carboxylic acid groups (broad SMARTS) is 1. The maximum absolute atomic E-state index is 12.2. The van der Waals surface area contributed by atoms with Gasteiger partial charge in [-0.3, -0.25) is 9.69 Å². The van der Waals surface area contributed by atoms with Gasteiger partial charge in [0, 0.05) is 23.5 Å². The number of carbonyl (C=O) groups excluding carboxylic acids is 1. The summed E-state index contributed by atoms with van der Waals surface area (Å²) >= 11 is 0. The Bertz CT molecular complexity index is 801. The number of carboxylic acids is 1. The fourth-order valence-corrected chi connectivity index (χ4v) is 3.22. The zero-order valence-corrected chi connectivity index (χ0v) is 14.7. The maximum atomic E-state index is 12.2. The minimum Gasteiger partial charge on any atom is -0.478 e. The first-order chi connectivity index (χ1) is 12.5. The topological polar surface area (TPSA) is 95.4 Å². The Kier molecular flexibility index (Phi) is 5.58. The number of piperidine rings is 1. The highest BCUT2D eigenvalue weighted by atomic mass is 16.4. The summed E-state index contributed by atoms with van der Waals surface area (Å²) in [5.41, 5.74) is 1.73. The second-order valence-electron chi connectivity index (χ2n) is 6.51. The molecule has 1 fully saturated rings. The quantitative estimate of drug-likeness (QED) is 0.855. The van der Waals surface area contributed by atoms with Gasteiger partial charge in [-0.05, 0) is 57.1 Å². The van der Waals surface area contributed by atoms with E-state index in [1.54, 1.807) is 18.3 Å². The number of benzene rings is 1. The lowest BCUT2D eigenvalue weighted by Crippen LogP contribution is -2.38. The SMILES string of the molecule is Cc1nccc(C2CCN(CC(=O)Nc3cccc(C(=O)O)c3)CC2)n1. The van der Waals surface area contributed by atoms with Gasteiger partial charge in [0.2, 0.25) is 5.91 Å². The molecule has 26 heavy (non-hydrogen) atoms. The zero-order valence-electron chi connectivity index (χ0n) is 14.7. The van der Waals surface area contributed by atoms with E-state index in [0.29, 0.717) is 18.2 Å². The first kappa shape index (κ1) is 18.0. The Morgan fingerprint density at radius 3 is 2.73 bits per heavy atom. The first-order valence-corrected chi connectivity index (χ1v) is 8.66. The van der Waals surface area contributed by atoms with Crippen molar-refractivity contribution in [2.75, 3.05) is 25.0 Å². The van der Waals surface area contributed by atoms with Gasteiger partial charge in [0.1, 0.15) is 5.82 Å². The fourth-order valence-electron chi connectivity index (χ4n) is 3.22. The fraction of sp³-hybridized carbons (Fsp3) is 0.368. The van der Waals surface area contributed by atoms with Crippen LogP contribution in [-0.4, -0.2) is 51.5 Å². The number of hydrogen-bond donors (Lipinski definition) is 2. The largest absolute Gasteiger partial charge is 0.478 e. The number of amides is 1. The number of nitrogens with one attached hydrogen (secondary N) is 1. The standard InChI is InChI=1S/C19H22N4O3/c1-13-20-8-5-17(21-13)14-6-9-23(10-7-14)12-18(24)22-16-4-2-3-15(11-16)19(25)26/h2-5,8,11,14H,6-7,9-10,12H2,1H3,(H,22,24)(H,25,26). The van der Waals surface area contributed by atoms with Crippen molar-refractivity contribution in [1.29, 1.82) is 0 Å². The van der Waals surface area contributed by atoms with E-state index in [0.717, 1.165) is 37.4 Å². The lowest BCUT2D eigenvalue weighted by molar-refractivity contribution is -0.117. The summed E-state index contributed by atoms with van der Waals surface area (Å²) in [5, 5.41) is 11.8. The molecule has 1 amide bonds. The van der Waals surface area contributed by atoms with Gasteiger partial charge in [0.25, 0.3) is 0 Å². The number of likely N-dealkylation sites (tertiary alicyclic amines) is 1. The summed E-state index contributed by atoms with van der Waals surface area (Å²) in [7, 11) is 0. The Morgan fingerprint density at radius 1 is 1.27 bits per heavy atom. The summed E-state index contributed by atoms with van der Waals surface area (Å²) in [4.78, 5) is 34.0. The van der Waals surface area contributed by atoms with Gasteiger partial charge in [-0.2, -0.15) is 0 Å². The van der Waals surface area contributed by atoms with Crippen LogP contribution in [0.3, 0.4) is 0 Å². The van der Waals surface area contributed by atoms with Crippen LogP contribution in [0.4, 0.5) is 5.69 Å². The van der Waals surface area contributed by atoms with Crippen molar-refractivity contribution in [3.63, 3.8) is 0 Å². The highest BCUT2D eigenvalue weighted by molar-refractivity contribution is 5.94. The molecule has 7 heteroatoms. The number of nitrogens with zero attached hydrogens (tertiary/aromatic N) is 3. The van der Waals surface area contributed by atoms with E-state index >= 15 is 0 Å². The summed E-state index contributed by atoms with van der Waals surface area (Å²) in [6.45, 7) is 3.85. The predicted molar refractivity (Wildman–Crippen MR) is 97.2 cm³/mol. The molecule has 2 aromatic rings. The molecule has 0 atom stereocenters. The molecule has 1 aromatic carbocycles. The molecule has 0 spiro atoms. The Balaban J connectivity index is 1.50. The predicted octanol–water partition coefficient (Wildman–Crippen LogP) is 2.30. The third kappa shape index (κ3) is 4.64. The van der Waals surface area contributed by atoms with E-state index < -0.39 is 5.97 Å². The molecule has 1 aromatic heterocycles. The molecule has 1 saturated heterocycles. The van der Waals surface area contributed by atoms with Crippen molar-refractivity contribution < 1.29 is 14.7 Å². The molecule has 2 N–H and O–H groups in total. The third-order valence-electron chi connectivity index (χ3n) is 4.56. The first-order valence-electron chi connectivity index (χ1n) is 8.66. The lowest BCUT2D eigenvalue weighted by Gasteiger charge is -2.31. The number of anilines is 1. The van der Waals surface area contributed by atoms with E-state index in [4.69, 9.17) is 5.11 Å². The zero-order chi connectivity index (χ0) is 18.5. The van der Waals surface area contributed by atoms with E-state index in [1.165, 1.54) is 12.1 Å². The summed E-state index contributed by atoms with van der Waals surface area (Å²) in [6, 6.07) is 8.24. The van der Waals surface area contributed by atoms with Crippen molar-refractivity contribution in [3.8, 4) is 0 Å². The van der Waals surface area contributed by atoms with Gasteiger partial charge in [-0.15, -0.1) is 0 Å². The van der Waals surface area contributed by atoms with Crippen LogP contribution in [0.2, 0.25) is 0 Å². The van der Waals surface area contributed by atoms with E-state index in [9.17, 15) is 9.59 Å². The van der Waals surface area contributed by atoms with Crippen LogP contribution in [0, 0.1) is 6.92 Å². The smallest absolute Gasteiger partial charge is 0.335 e. The molecule has 0 radical (unpaired) electrons. The molecular formula is C19H22N4O3. The van der Waals surface area contributed by atoms with Gasteiger partial charge >= 0.3 is 5.97 Å². The van der Waals surface area contributed by atoms with Gasteiger partial charge < -0.3 is 10.4 Å². The summed E-state index contributed by atoms with van der Waals surface area (Å²) in [6.07, 6.45) is 3.71. The maximum Gasteiger partial charge on any atom is 0.335 e. The van der Waals surface area contributed by atoms with Gasteiger partial charge in [-0.1, -0.05) is 6.07 Å². The molecule has 1 aliphatic heterocycles. The minimum atomic E-state index is -1.01. The number of hydrogen-bond acceptors (Lipinski definition) is 5. The highest BCUT2D eigenvalue weighted by Gasteiger charge is 2.23. The number of aromatic nitrogens is 2. The molecule has 0 unspecified atom stereocenters. The Labute approximate surface area is 152 Å². The average Bonchev–Trinajstić information content (AvgIpc) is 2.62. The normalized spacial score (nSPS) is 15.6. The number of rotatable bonds is 5. The van der Waals surface area contributed by atoms with E-state index in [1.807, 2.05) is 13.0 Å². The lowest BCUT2D eigenvalue weighted by atomic mass is 9.93. The molecule has 0 aliphatic carbocycles. The summed E-state index contributed by atoms with van der Waals surface area (Å²) < 4.78 is 0. The minimum absolute atomic E-state index is 0.135. The van der Waals surface area contributed by atoms with Crippen LogP contribution in [0.1, 0.15) is 40.6 Å². The van der Waals surface area contributed by atoms with Crippen LogP contribution < -0.4 is 5.32 Å². The van der Waals surface area contributed by atoms with Gasteiger partial charge in [0.15, 0.2) is 0 Å². The van der Waals surface area contributed by atoms with Crippen LogP contribution in [0.25, 0.3) is 0 Å². The van der Waals surface area contributed by atoms with Crippen LogP contribution in [0.5, 0.6) is 0 Å². The molecule has 2 heterocycles. The molecule has 3 rings (SSSR count). The number of aryl methyl sites for hydroxylation is 1.